The van der Waals surface area contributed by atoms with Crippen LogP contribution in [0, 0.1) is 0 Å². The average Bonchev–Trinajstić information content (AvgIpc) is 3.46. The van der Waals surface area contributed by atoms with Crippen LogP contribution in [0.1, 0.15) is 11.1 Å². The van der Waals surface area contributed by atoms with E-state index in [1.165, 1.54) is 11.6 Å². The third kappa shape index (κ3) is 3.82. The van der Waals surface area contributed by atoms with Crippen molar-refractivity contribution < 1.29 is 39.7 Å². The molecule has 0 spiro atoms. The Bertz CT molecular complexity index is 1150. The lowest BCUT2D eigenvalue weighted by Gasteiger charge is -2.45. The van der Waals surface area contributed by atoms with E-state index in [1.54, 1.807) is 16.8 Å². The summed E-state index contributed by atoms with van der Waals surface area (Å²) in [6.07, 6.45) is -5.42. The molecule has 11 heteroatoms. The highest BCUT2D eigenvalue weighted by Crippen LogP contribution is 2.34. The highest BCUT2D eigenvalue weighted by atomic mass is 16.7. The summed E-state index contributed by atoms with van der Waals surface area (Å²) in [5.41, 5.74) is 3.19. The van der Waals surface area contributed by atoms with Crippen LogP contribution in [-0.2, 0) is 24.1 Å². The lowest BCUT2D eigenvalue weighted by atomic mass is 9.96. The van der Waals surface area contributed by atoms with Crippen molar-refractivity contribution in [2.75, 3.05) is 13.2 Å². The van der Waals surface area contributed by atoms with E-state index in [1.807, 2.05) is 12.1 Å². The largest absolute Gasteiger partial charge is 0.493 e. The molecule has 176 valence electrons. The van der Waals surface area contributed by atoms with Gasteiger partial charge in [-0.25, -0.2) is 4.68 Å². The first-order valence-corrected chi connectivity index (χ1v) is 10.7. The van der Waals surface area contributed by atoms with Crippen molar-refractivity contribution in [3.05, 3.63) is 47.5 Å². The lowest BCUT2D eigenvalue weighted by molar-refractivity contribution is -0.385. The van der Waals surface area contributed by atoms with Gasteiger partial charge in [-0.15, -0.1) is 5.10 Å². The Kier molecular flexibility index (Phi) is 5.69. The summed E-state index contributed by atoms with van der Waals surface area (Å²) >= 11 is 0. The number of aliphatic hydroxyl groups excluding tert-OH is 4. The maximum atomic E-state index is 10.9. The molecule has 2 aliphatic heterocycles. The number of hydrogen-bond acceptors (Lipinski definition) is 10. The Labute approximate surface area is 188 Å². The Morgan fingerprint density at radius 1 is 1.18 bits per heavy atom. The zero-order valence-corrected chi connectivity index (χ0v) is 17.6. The van der Waals surface area contributed by atoms with Crippen molar-refractivity contribution in [3.8, 4) is 11.5 Å². The molecule has 1 fully saturated rings. The van der Waals surface area contributed by atoms with Crippen LogP contribution in [0.25, 0.3) is 11.0 Å². The number of aryl methyl sites for hydroxylation is 2. The van der Waals surface area contributed by atoms with E-state index in [2.05, 4.69) is 16.4 Å². The van der Waals surface area contributed by atoms with Crippen molar-refractivity contribution in [3.63, 3.8) is 0 Å². The molecule has 0 saturated carbocycles. The van der Waals surface area contributed by atoms with Gasteiger partial charge < -0.3 is 39.7 Å². The van der Waals surface area contributed by atoms with E-state index in [0.717, 1.165) is 17.7 Å². The fourth-order valence-corrected chi connectivity index (χ4v) is 4.24. The Balaban J connectivity index is 1.41. The van der Waals surface area contributed by atoms with E-state index in [-0.39, 0.29) is 5.75 Å². The van der Waals surface area contributed by atoms with Crippen molar-refractivity contribution >= 4 is 11.0 Å². The fourth-order valence-electron chi connectivity index (χ4n) is 4.24. The SMILES string of the molecule is OC[C@H]1O[C@H](O)[C@@](O)(Oc2cccc3nnn(CCc4ccc5c(c4)CCO5)c23)[C@@H](O)[C@@H]1O. The van der Waals surface area contributed by atoms with Gasteiger partial charge in [0.1, 0.15) is 29.0 Å². The van der Waals surface area contributed by atoms with Gasteiger partial charge in [-0.05, 0) is 35.7 Å². The van der Waals surface area contributed by atoms with Crippen molar-refractivity contribution in [2.45, 2.75) is 49.8 Å². The summed E-state index contributed by atoms with van der Waals surface area (Å²) in [7, 11) is 0. The molecule has 3 heterocycles. The van der Waals surface area contributed by atoms with Crippen LogP contribution < -0.4 is 9.47 Å². The zero-order valence-electron chi connectivity index (χ0n) is 17.6. The van der Waals surface area contributed by atoms with Crippen LogP contribution >= 0.6 is 0 Å². The Hall–Kier alpha value is -2.80. The molecule has 1 saturated heterocycles. The van der Waals surface area contributed by atoms with E-state index >= 15 is 0 Å². The molecule has 1 aromatic heterocycles. The second kappa shape index (κ2) is 8.52. The molecule has 11 nitrogen and oxygen atoms in total. The van der Waals surface area contributed by atoms with Crippen LogP contribution in [0.5, 0.6) is 11.5 Å². The second-order valence-electron chi connectivity index (χ2n) is 8.23. The van der Waals surface area contributed by atoms with Gasteiger partial charge >= 0.3 is 0 Å². The van der Waals surface area contributed by atoms with Gasteiger partial charge in [0.25, 0.3) is 5.79 Å². The van der Waals surface area contributed by atoms with E-state index in [0.29, 0.717) is 30.6 Å². The van der Waals surface area contributed by atoms with Crippen LogP contribution in [0.2, 0.25) is 0 Å². The summed E-state index contributed by atoms with van der Waals surface area (Å²) in [5.74, 6) is -1.70. The molecule has 3 aromatic rings. The molecule has 0 amide bonds. The summed E-state index contributed by atoms with van der Waals surface area (Å²) < 4.78 is 17.8. The zero-order chi connectivity index (χ0) is 23.2. The third-order valence-corrected chi connectivity index (χ3v) is 6.10. The Morgan fingerprint density at radius 2 is 2.03 bits per heavy atom. The first kappa shape index (κ1) is 22.0. The van der Waals surface area contributed by atoms with Crippen LogP contribution in [0.4, 0.5) is 0 Å². The predicted molar refractivity (Wildman–Crippen MR) is 112 cm³/mol. The lowest BCUT2D eigenvalue weighted by Crippen LogP contribution is -2.69. The number of aromatic nitrogens is 3. The molecule has 5 atom stereocenters. The number of ether oxygens (including phenoxy) is 3. The summed E-state index contributed by atoms with van der Waals surface area (Å²) in [4.78, 5) is 0. The highest BCUT2D eigenvalue weighted by molar-refractivity contribution is 5.81. The monoisotopic (exact) mass is 459 g/mol. The van der Waals surface area contributed by atoms with Gasteiger partial charge in [0.05, 0.1) is 13.2 Å². The van der Waals surface area contributed by atoms with Crippen LogP contribution in [0.3, 0.4) is 0 Å². The van der Waals surface area contributed by atoms with Gasteiger partial charge in [-0.3, -0.25) is 0 Å². The minimum absolute atomic E-state index is 0.0821. The second-order valence-corrected chi connectivity index (χ2v) is 8.23. The molecule has 5 N–H and O–H groups in total. The minimum Gasteiger partial charge on any atom is -0.493 e. The topological polar surface area (TPSA) is 160 Å². The average molecular weight is 459 g/mol. The maximum Gasteiger partial charge on any atom is 0.288 e. The normalized spacial score (nSPS) is 29.1. The Morgan fingerprint density at radius 3 is 2.85 bits per heavy atom. The number of para-hydroxylation sites is 1. The van der Waals surface area contributed by atoms with Crippen LogP contribution in [0.15, 0.2) is 36.4 Å². The maximum absolute atomic E-state index is 10.9. The van der Waals surface area contributed by atoms with E-state index in [9.17, 15) is 25.5 Å². The number of rotatable bonds is 6. The summed E-state index contributed by atoms with van der Waals surface area (Å²) in [6, 6.07) is 10.9. The predicted octanol–water partition coefficient (Wildman–Crippen LogP) is -0.892. The number of hydrogen-bond donors (Lipinski definition) is 5. The molecule has 2 aromatic carbocycles. The van der Waals surface area contributed by atoms with Crippen molar-refractivity contribution in [2.24, 2.45) is 0 Å². The number of aliphatic hydroxyl groups is 5. The quantitative estimate of drug-likeness (QED) is 0.293. The molecule has 2 aliphatic rings. The molecule has 33 heavy (non-hydrogen) atoms. The van der Waals surface area contributed by atoms with Crippen molar-refractivity contribution in [1.29, 1.82) is 0 Å². The number of fused-ring (bicyclic) bond motifs is 2. The molecule has 0 radical (unpaired) electrons. The van der Waals surface area contributed by atoms with Gasteiger partial charge in [0, 0.05) is 13.0 Å². The number of benzene rings is 2. The fraction of sp³-hybridized carbons (Fsp3) is 0.455. The van der Waals surface area contributed by atoms with E-state index in [4.69, 9.17) is 14.2 Å². The van der Waals surface area contributed by atoms with Gasteiger partial charge in [0.15, 0.2) is 11.9 Å². The summed E-state index contributed by atoms with van der Waals surface area (Å²) in [6.45, 7) is 0.476. The van der Waals surface area contributed by atoms with Gasteiger partial charge in [0.2, 0.25) is 6.29 Å². The molecule has 5 rings (SSSR count). The van der Waals surface area contributed by atoms with Crippen molar-refractivity contribution in [1.82, 2.24) is 15.0 Å². The molecule has 0 unspecified atom stereocenters. The highest BCUT2D eigenvalue weighted by Gasteiger charge is 2.57. The first-order chi connectivity index (χ1) is 15.9. The minimum atomic E-state index is -2.69. The van der Waals surface area contributed by atoms with Gasteiger partial charge in [-0.1, -0.05) is 23.4 Å². The third-order valence-electron chi connectivity index (χ3n) is 6.10. The molecule has 0 aliphatic carbocycles. The molecule has 0 bridgehead atoms. The van der Waals surface area contributed by atoms with Crippen LogP contribution in [-0.4, -0.2) is 84.1 Å². The molecular weight excluding hydrogens is 434 g/mol. The smallest absolute Gasteiger partial charge is 0.288 e. The molecular formula is C22H25N3O8. The standard InChI is InChI=1S/C22H25N3O8/c26-11-17-19(27)20(28)22(30,21(29)32-17)33-16-3-1-2-14-18(16)25(24-23-14)8-6-12-4-5-15-13(10-12)7-9-31-15/h1-5,10,17,19-21,26-30H,6-9,11H2/t17-,19-,20+,21+,22+/m1/s1. The summed E-state index contributed by atoms with van der Waals surface area (Å²) in [5, 5.41) is 59.3. The van der Waals surface area contributed by atoms with Gasteiger partial charge in [-0.2, -0.15) is 0 Å². The van der Waals surface area contributed by atoms with E-state index < -0.39 is 37.0 Å². The number of nitrogens with zero attached hydrogens (tertiary/aromatic N) is 3. The first-order valence-electron chi connectivity index (χ1n) is 10.7.